The fourth-order valence-electron chi connectivity index (χ4n) is 2.21. The number of benzene rings is 2. The van der Waals surface area contributed by atoms with E-state index in [0.29, 0.717) is 16.3 Å². The Morgan fingerprint density at radius 3 is 2.52 bits per heavy atom. The normalized spacial score (nSPS) is 11.3. The number of sulfonamides is 1. The Bertz CT molecular complexity index is 998. The van der Waals surface area contributed by atoms with Crippen LogP contribution in [0.3, 0.4) is 0 Å². The summed E-state index contributed by atoms with van der Waals surface area (Å²) in [6, 6.07) is 11.6. The number of anilines is 1. The van der Waals surface area contributed by atoms with Crippen molar-refractivity contribution in [2.75, 3.05) is 11.8 Å². The first kappa shape index (κ1) is 17.3. The second-order valence-corrected chi connectivity index (χ2v) is 7.40. The van der Waals surface area contributed by atoms with Crippen molar-refractivity contribution in [1.29, 1.82) is 0 Å². The zero-order valence-corrected chi connectivity index (χ0v) is 15.1. The molecule has 0 radical (unpaired) electrons. The molecule has 3 aromatic rings. The van der Waals surface area contributed by atoms with Crippen molar-refractivity contribution >= 4 is 27.5 Å². The molecule has 25 heavy (non-hydrogen) atoms. The summed E-state index contributed by atoms with van der Waals surface area (Å²) in [7, 11) is -2.29. The summed E-state index contributed by atoms with van der Waals surface area (Å²) in [6.45, 7) is 1.80. The SMILES string of the molecule is COc1ccc(-c2cnoc2NS(=O)(=O)c2ccc(C)c(Cl)c2)cc1. The molecule has 0 aliphatic carbocycles. The summed E-state index contributed by atoms with van der Waals surface area (Å²) in [5, 5.41) is 4.06. The van der Waals surface area contributed by atoms with Crippen LogP contribution in [0.4, 0.5) is 5.88 Å². The number of aromatic nitrogens is 1. The van der Waals surface area contributed by atoms with Gasteiger partial charge < -0.3 is 9.26 Å². The van der Waals surface area contributed by atoms with Gasteiger partial charge in [0.2, 0.25) is 5.88 Å². The predicted octanol–water partition coefficient (Wildman–Crippen LogP) is 4.11. The third-order valence-electron chi connectivity index (χ3n) is 3.65. The van der Waals surface area contributed by atoms with E-state index in [2.05, 4.69) is 9.88 Å². The van der Waals surface area contributed by atoms with Gasteiger partial charge in [0.25, 0.3) is 10.0 Å². The zero-order valence-electron chi connectivity index (χ0n) is 13.5. The third-order valence-corrected chi connectivity index (χ3v) is 5.39. The van der Waals surface area contributed by atoms with Crippen molar-refractivity contribution in [3.63, 3.8) is 0 Å². The molecule has 0 aliphatic heterocycles. The zero-order chi connectivity index (χ0) is 18.0. The van der Waals surface area contributed by atoms with Crippen LogP contribution in [0.15, 0.2) is 58.1 Å². The van der Waals surface area contributed by atoms with E-state index in [9.17, 15) is 8.42 Å². The Labute approximate surface area is 150 Å². The topological polar surface area (TPSA) is 81.4 Å². The largest absolute Gasteiger partial charge is 0.497 e. The summed E-state index contributed by atoms with van der Waals surface area (Å²) in [5.74, 6) is 0.721. The van der Waals surface area contributed by atoms with E-state index < -0.39 is 10.0 Å². The fraction of sp³-hybridized carbons (Fsp3) is 0.118. The van der Waals surface area contributed by atoms with Crippen LogP contribution in [-0.2, 0) is 10.0 Å². The van der Waals surface area contributed by atoms with Crippen molar-refractivity contribution in [3.05, 3.63) is 59.2 Å². The van der Waals surface area contributed by atoms with Crippen LogP contribution in [0.2, 0.25) is 5.02 Å². The van der Waals surface area contributed by atoms with Gasteiger partial charge in [0, 0.05) is 5.02 Å². The molecular formula is C17H15ClN2O4S. The maximum atomic E-state index is 12.6. The van der Waals surface area contributed by atoms with Gasteiger partial charge in [-0.15, -0.1) is 0 Å². The highest BCUT2D eigenvalue weighted by molar-refractivity contribution is 7.92. The Balaban J connectivity index is 1.93. The summed E-state index contributed by atoms with van der Waals surface area (Å²) in [4.78, 5) is 0.0418. The Morgan fingerprint density at radius 1 is 1.16 bits per heavy atom. The molecule has 0 saturated carbocycles. The first-order chi connectivity index (χ1) is 11.9. The van der Waals surface area contributed by atoms with Gasteiger partial charge >= 0.3 is 0 Å². The Hall–Kier alpha value is -2.51. The summed E-state index contributed by atoms with van der Waals surface area (Å²) >= 11 is 6.02. The fourth-order valence-corrected chi connectivity index (χ4v) is 3.49. The van der Waals surface area contributed by atoms with Crippen molar-refractivity contribution in [3.8, 4) is 16.9 Å². The van der Waals surface area contributed by atoms with Crippen molar-refractivity contribution in [1.82, 2.24) is 5.16 Å². The number of methoxy groups -OCH3 is 1. The van der Waals surface area contributed by atoms with E-state index in [1.54, 1.807) is 44.4 Å². The first-order valence-corrected chi connectivity index (χ1v) is 9.15. The summed E-state index contributed by atoms with van der Waals surface area (Å²) < 4.78 is 37.7. The minimum atomic E-state index is -3.86. The molecule has 0 aliphatic rings. The molecule has 0 fully saturated rings. The Morgan fingerprint density at radius 2 is 1.88 bits per heavy atom. The maximum absolute atomic E-state index is 12.6. The highest BCUT2D eigenvalue weighted by atomic mass is 35.5. The molecule has 0 unspecified atom stereocenters. The van der Waals surface area contributed by atoms with Crippen LogP contribution in [-0.4, -0.2) is 20.7 Å². The van der Waals surface area contributed by atoms with E-state index in [0.717, 1.165) is 11.1 Å². The molecule has 1 N–H and O–H groups in total. The van der Waals surface area contributed by atoms with Crippen molar-refractivity contribution in [2.45, 2.75) is 11.8 Å². The Kier molecular flexibility index (Phi) is 4.69. The van der Waals surface area contributed by atoms with Crippen LogP contribution in [0.1, 0.15) is 5.56 Å². The van der Waals surface area contributed by atoms with E-state index in [1.807, 2.05) is 0 Å². The second-order valence-electron chi connectivity index (χ2n) is 5.31. The highest BCUT2D eigenvalue weighted by Crippen LogP contribution is 2.31. The molecule has 2 aromatic carbocycles. The van der Waals surface area contributed by atoms with Gasteiger partial charge in [-0.05, 0) is 42.3 Å². The number of hydrogen-bond donors (Lipinski definition) is 1. The number of hydrogen-bond acceptors (Lipinski definition) is 5. The standard InChI is InChI=1S/C17H15ClN2O4S/c1-11-3-8-14(9-16(11)18)25(21,22)20-17-15(10-19-24-17)12-4-6-13(23-2)7-5-12/h3-10,20H,1-2H3. The lowest BCUT2D eigenvalue weighted by atomic mass is 10.1. The van der Waals surface area contributed by atoms with Gasteiger partial charge in [0.15, 0.2) is 0 Å². The molecule has 8 heteroatoms. The smallest absolute Gasteiger partial charge is 0.264 e. The van der Waals surface area contributed by atoms with Crippen molar-refractivity contribution in [2.24, 2.45) is 0 Å². The molecule has 0 atom stereocenters. The number of halogens is 1. The number of nitrogens with zero attached hydrogens (tertiary/aromatic N) is 1. The lowest BCUT2D eigenvalue weighted by Crippen LogP contribution is -2.13. The minimum Gasteiger partial charge on any atom is -0.497 e. The van der Waals surface area contributed by atoms with Crippen LogP contribution in [0.25, 0.3) is 11.1 Å². The minimum absolute atomic E-state index is 0.0295. The summed E-state index contributed by atoms with van der Waals surface area (Å²) in [5.41, 5.74) is 2.05. The molecule has 0 amide bonds. The molecule has 3 rings (SSSR count). The summed E-state index contributed by atoms with van der Waals surface area (Å²) in [6.07, 6.45) is 1.45. The lowest BCUT2D eigenvalue weighted by Gasteiger charge is -2.08. The molecule has 130 valence electrons. The van der Waals surface area contributed by atoms with Crippen LogP contribution in [0.5, 0.6) is 5.75 Å². The van der Waals surface area contributed by atoms with Crippen LogP contribution in [0, 0.1) is 6.92 Å². The van der Waals surface area contributed by atoms with Gasteiger partial charge in [0.1, 0.15) is 5.75 Å². The molecule has 1 heterocycles. The molecule has 0 spiro atoms. The monoisotopic (exact) mass is 378 g/mol. The molecule has 1 aromatic heterocycles. The quantitative estimate of drug-likeness (QED) is 0.722. The van der Waals surface area contributed by atoms with Gasteiger partial charge in [-0.2, -0.15) is 0 Å². The molecule has 0 saturated heterocycles. The van der Waals surface area contributed by atoms with E-state index in [-0.39, 0.29) is 10.8 Å². The lowest BCUT2D eigenvalue weighted by molar-refractivity contribution is 0.415. The van der Waals surface area contributed by atoms with E-state index in [4.69, 9.17) is 20.9 Å². The second kappa shape index (κ2) is 6.78. The third kappa shape index (κ3) is 3.62. The number of nitrogens with one attached hydrogen (secondary N) is 1. The number of rotatable bonds is 5. The predicted molar refractivity (Wildman–Crippen MR) is 95.5 cm³/mol. The van der Waals surface area contributed by atoms with Gasteiger partial charge in [-0.1, -0.05) is 35.0 Å². The van der Waals surface area contributed by atoms with Crippen LogP contribution < -0.4 is 9.46 Å². The number of aryl methyl sites for hydroxylation is 1. The van der Waals surface area contributed by atoms with E-state index >= 15 is 0 Å². The highest BCUT2D eigenvalue weighted by Gasteiger charge is 2.20. The number of ether oxygens (including phenoxy) is 1. The van der Waals surface area contributed by atoms with Gasteiger partial charge in [0.05, 0.1) is 23.8 Å². The first-order valence-electron chi connectivity index (χ1n) is 7.29. The van der Waals surface area contributed by atoms with Gasteiger partial charge in [-0.3, -0.25) is 0 Å². The van der Waals surface area contributed by atoms with E-state index in [1.165, 1.54) is 18.3 Å². The van der Waals surface area contributed by atoms with Crippen LogP contribution >= 0.6 is 11.6 Å². The van der Waals surface area contributed by atoms with Gasteiger partial charge in [-0.25, -0.2) is 13.1 Å². The van der Waals surface area contributed by atoms with Crippen molar-refractivity contribution < 1.29 is 17.7 Å². The molecule has 6 nitrogen and oxygen atoms in total. The molecular weight excluding hydrogens is 364 g/mol. The maximum Gasteiger partial charge on any atom is 0.264 e. The molecule has 0 bridgehead atoms. The average Bonchev–Trinajstić information content (AvgIpc) is 3.04. The average molecular weight is 379 g/mol.